The van der Waals surface area contributed by atoms with E-state index in [0.29, 0.717) is 11.6 Å². The molecule has 0 aliphatic carbocycles. The van der Waals surface area contributed by atoms with E-state index >= 15 is 0 Å². The SMILES string of the molecule is N#CC(=CC(=O)[O-])c1ccc(F)cc1.[K+]. The van der Waals surface area contributed by atoms with Gasteiger partial charge in [-0.3, -0.25) is 0 Å². The van der Waals surface area contributed by atoms with E-state index in [4.69, 9.17) is 5.26 Å². The van der Waals surface area contributed by atoms with Crippen LogP contribution in [-0.2, 0) is 4.79 Å². The van der Waals surface area contributed by atoms with Crippen molar-refractivity contribution in [3.05, 3.63) is 41.7 Å². The number of nitriles is 1. The number of carboxylic acid groups (broad SMARTS) is 1. The van der Waals surface area contributed by atoms with Gasteiger partial charge in [0.2, 0.25) is 0 Å². The molecule has 1 aromatic rings. The number of carbonyl (C=O) groups is 1. The summed E-state index contributed by atoms with van der Waals surface area (Å²) in [6, 6.07) is 6.64. The molecule has 15 heavy (non-hydrogen) atoms. The summed E-state index contributed by atoms with van der Waals surface area (Å²) in [5.74, 6) is -1.90. The summed E-state index contributed by atoms with van der Waals surface area (Å²) in [6.07, 6.45) is 0.674. The van der Waals surface area contributed by atoms with Gasteiger partial charge in [0.25, 0.3) is 0 Å². The van der Waals surface area contributed by atoms with Crippen molar-refractivity contribution in [3.8, 4) is 6.07 Å². The first kappa shape index (κ1) is 14.5. The number of hydrogen-bond donors (Lipinski definition) is 0. The van der Waals surface area contributed by atoms with Crippen LogP contribution in [0.15, 0.2) is 30.3 Å². The molecule has 3 nitrogen and oxygen atoms in total. The fraction of sp³-hybridized carbons (Fsp3) is 0. The molecular formula is C10H5FKNO2. The van der Waals surface area contributed by atoms with Crippen LogP contribution in [0, 0.1) is 17.1 Å². The Kier molecular flexibility index (Phi) is 6.64. The molecule has 0 N–H and O–H groups in total. The Hall–Kier alpha value is -0.514. The molecule has 0 atom stereocenters. The molecule has 5 heteroatoms. The van der Waals surface area contributed by atoms with Gasteiger partial charge in [0.1, 0.15) is 5.82 Å². The van der Waals surface area contributed by atoms with Crippen LogP contribution in [0.1, 0.15) is 5.56 Å². The molecule has 0 saturated heterocycles. The van der Waals surface area contributed by atoms with Gasteiger partial charge in [-0.25, -0.2) is 4.39 Å². The predicted molar refractivity (Wildman–Crippen MR) is 45.0 cm³/mol. The molecule has 0 aromatic heterocycles. The summed E-state index contributed by atoms with van der Waals surface area (Å²) in [4.78, 5) is 10.2. The van der Waals surface area contributed by atoms with E-state index in [0.717, 1.165) is 12.1 Å². The summed E-state index contributed by atoms with van der Waals surface area (Å²) in [5.41, 5.74) is 0.281. The van der Waals surface area contributed by atoms with Crippen molar-refractivity contribution in [2.75, 3.05) is 0 Å². The van der Waals surface area contributed by atoms with E-state index in [1.54, 1.807) is 6.07 Å². The van der Waals surface area contributed by atoms with Crippen LogP contribution in [0.2, 0.25) is 0 Å². The average Bonchev–Trinajstić information content (AvgIpc) is 2.15. The summed E-state index contributed by atoms with van der Waals surface area (Å²) in [5, 5.41) is 18.8. The molecule has 0 amide bonds. The zero-order chi connectivity index (χ0) is 10.6. The summed E-state index contributed by atoms with van der Waals surface area (Å²) < 4.78 is 12.5. The Morgan fingerprint density at radius 1 is 1.40 bits per heavy atom. The molecule has 0 aliphatic heterocycles. The monoisotopic (exact) mass is 229 g/mol. The maximum absolute atomic E-state index is 12.5. The Morgan fingerprint density at radius 2 is 1.93 bits per heavy atom. The molecule has 1 aromatic carbocycles. The number of aliphatic carboxylic acids is 1. The van der Waals surface area contributed by atoms with Crippen molar-refractivity contribution in [2.24, 2.45) is 0 Å². The van der Waals surface area contributed by atoms with Crippen molar-refractivity contribution < 1.29 is 65.7 Å². The molecule has 0 aliphatic rings. The minimum Gasteiger partial charge on any atom is -0.545 e. The largest absolute Gasteiger partial charge is 1.00 e. The van der Waals surface area contributed by atoms with Crippen LogP contribution < -0.4 is 56.5 Å². The Morgan fingerprint density at radius 3 is 2.33 bits per heavy atom. The third kappa shape index (κ3) is 4.69. The van der Waals surface area contributed by atoms with Gasteiger partial charge in [0.15, 0.2) is 0 Å². The summed E-state index contributed by atoms with van der Waals surface area (Å²) in [7, 11) is 0. The zero-order valence-corrected chi connectivity index (χ0v) is 11.2. The number of halogens is 1. The third-order valence-corrected chi connectivity index (χ3v) is 1.54. The molecule has 1 rings (SSSR count). The minimum absolute atomic E-state index is 0. The first-order valence-corrected chi connectivity index (χ1v) is 3.72. The summed E-state index contributed by atoms with van der Waals surface area (Å²) >= 11 is 0. The smallest absolute Gasteiger partial charge is 0.545 e. The first-order valence-electron chi connectivity index (χ1n) is 3.72. The standard InChI is InChI=1S/C10H6FNO2.K/c11-9-3-1-7(2-4-9)8(6-12)5-10(13)14;/h1-5H,(H,13,14);/q;+1/p-1. The van der Waals surface area contributed by atoms with Crippen molar-refractivity contribution in [1.29, 1.82) is 5.26 Å². The van der Waals surface area contributed by atoms with Gasteiger partial charge in [-0.2, -0.15) is 5.26 Å². The van der Waals surface area contributed by atoms with Crippen molar-refractivity contribution in [2.45, 2.75) is 0 Å². The van der Waals surface area contributed by atoms with Gasteiger partial charge in [-0.15, -0.1) is 0 Å². The van der Waals surface area contributed by atoms with E-state index in [-0.39, 0.29) is 57.0 Å². The van der Waals surface area contributed by atoms with E-state index in [1.165, 1.54) is 12.1 Å². The molecule has 0 bridgehead atoms. The zero-order valence-electron chi connectivity index (χ0n) is 8.03. The van der Waals surface area contributed by atoms with Gasteiger partial charge in [-0.05, 0) is 23.8 Å². The van der Waals surface area contributed by atoms with Crippen LogP contribution in [0.3, 0.4) is 0 Å². The molecule has 0 heterocycles. The molecule has 0 unspecified atom stereocenters. The second-order valence-corrected chi connectivity index (χ2v) is 2.50. The van der Waals surface area contributed by atoms with Crippen molar-refractivity contribution in [1.82, 2.24) is 0 Å². The van der Waals surface area contributed by atoms with E-state index < -0.39 is 11.8 Å². The van der Waals surface area contributed by atoms with Gasteiger partial charge in [0.05, 0.1) is 17.6 Å². The number of allylic oxidation sites excluding steroid dienone is 1. The number of carbonyl (C=O) groups excluding carboxylic acids is 1. The first-order chi connectivity index (χ1) is 6.63. The Balaban J connectivity index is 0.00000196. The molecule has 70 valence electrons. The second-order valence-electron chi connectivity index (χ2n) is 2.50. The third-order valence-electron chi connectivity index (χ3n) is 1.54. The van der Waals surface area contributed by atoms with Crippen LogP contribution >= 0.6 is 0 Å². The minimum atomic E-state index is -1.45. The van der Waals surface area contributed by atoms with Crippen molar-refractivity contribution >= 4 is 11.5 Å². The van der Waals surface area contributed by atoms with Gasteiger partial charge in [0, 0.05) is 0 Å². The fourth-order valence-corrected chi connectivity index (χ4v) is 0.927. The number of nitrogens with zero attached hydrogens (tertiary/aromatic N) is 1. The second kappa shape index (κ2) is 6.88. The van der Waals surface area contributed by atoms with Crippen LogP contribution in [-0.4, -0.2) is 5.97 Å². The fourth-order valence-electron chi connectivity index (χ4n) is 0.927. The van der Waals surface area contributed by atoms with E-state index in [9.17, 15) is 14.3 Å². The molecule has 0 saturated carbocycles. The maximum atomic E-state index is 12.5. The number of benzene rings is 1. The Bertz CT molecular complexity index is 420. The molecular weight excluding hydrogens is 224 g/mol. The van der Waals surface area contributed by atoms with E-state index in [1.807, 2.05) is 0 Å². The maximum Gasteiger partial charge on any atom is 1.00 e. The Labute approximate surface area is 129 Å². The summed E-state index contributed by atoms with van der Waals surface area (Å²) in [6.45, 7) is 0. The normalized spacial score (nSPS) is 10.0. The quantitative estimate of drug-likeness (QED) is 0.319. The molecule has 0 radical (unpaired) electrons. The van der Waals surface area contributed by atoms with Gasteiger partial charge >= 0.3 is 51.4 Å². The molecule has 0 spiro atoms. The van der Waals surface area contributed by atoms with Crippen LogP contribution in [0.4, 0.5) is 4.39 Å². The van der Waals surface area contributed by atoms with Crippen LogP contribution in [0.25, 0.3) is 5.57 Å². The van der Waals surface area contributed by atoms with E-state index in [2.05, 4.69) is 0 Å². The van der Waals surface area contributed by atoms with Gasteiger partial charge < -0.3 is 9.90 Å². The molecule has 0 fully saturated rings. The number of rotatable bonds is 2. The average molecular weight is 229 g/mol. The van der Waals surface area contributed by atoms with Crippen molar-refractivity contribution in [3.63, 3.8) is 0 Å². The van der Waals surface area contributed by atoms with Crippen LogP contribution in [0.5, 0.6) is 0 Å². The predicted octanol–water partition coefficient (Wildman–Crippen LogP) is -2.51. The number of hydrogen-bond acceptors (Lipinski definition) is 3. The van der Waals surface area contributed by atoms with Gasteiger partial charge in [-0.1, -0.05) is 12.1 Å². The number of carboxylic acids is 1. The topological polar surface area (TPSA) is 63.9 Å².